The van der Waals surface area contributed by atoms with E-state index in [9.17, 15) is 4.79 Å². The maximum absolute atomic E-state index is 13.0. The maximum atomic E-state index is 13.0. The number of ether oxygens (including phenoxy) is 1. The lowest BCUT2D eigenvalue weighted by atomic mass is 10.0. The molecule has 0 aliphatic carbocycles. The number of fused-ring (bicyclic) bond motifs is 1. The molecule has 0 aliphatic heterocycles. The number of rotatable bonds is 5. The first-order chi connectivity index (χ1) is 12.0. The largest absolute Gasteiger partial charge is 0.497 e. The predicted octanol–water partition coefficient (Wildman–Crippen LogP) is 3.57. The monoisotopic (exact) mass is 337 g/mol. The van der Waals surface area contributed by atoms with Crippen LogP contribution in [0.1, 0.15) is 19.4 Å². The van der Waals surface area contributed by atoms with E-state index in [-0.39, 0.29) is 11.9 Å². The molecule has 3 rings (SSSR count). The molecule has 0 saturated carbocycles. The molecule has 5 heteroatoms. The fourth-order valence-electron chi connectivity index (χ4n) is 3.11. The van der Waals surface area contributed by atoms with Crippen LogP contribution < -0.4 is 9.64 Å². The van der Waals surface area contributed by atoms with Crippen molar-refractivity contribution in [2.45, 2.75) is 26.3 Å². The van der Waals surface area contributed by atoms with Gasteiger partial charge in [0, 0.05) is 19.3 Å². The van der Waals surface area contributed by atoms with Gasteiger partial charge in [-0.2, -0.15) is 5.10 Å². The molecular weight excluding hydrogens is 314 g/mol. The summed E-state index contributed by atoms with van der Waals surface area (Å²) < 4.78 is 7.04. The average molecular weight is 337 g/mol. The molecule has 130 valence electrons. The first-order valence-electron chi connectivity index (χ1n) is 8.36. The second-order valence-electron chi connectivity index (χ2n) is 6.41. The van der Waals surface area contributed by atoms with Gasteiger partial charge in [-0.05, 0) is 42.3 Å². The first-order valence-corrected chi connectivity index (χ1v) is 8.36. The third kappa shape index (κ3) is 3.50. The van der Waals surface area contributed by atoms with Gasteiger partial charge in [0.2, 0.25) is 5.91 Å². The number of amides is 1. The summed E-state index contributed by atoms with van der Waals surface area (Å²) in [4.78, 5) is 14.8. The van der Waals surface area contributed by atoms with E-state index in [0.29, 0.717) is 6.42 Å². The summed E-state index contributed by atoms with van der Waals surface area (Å²) in [5, 5.41) is 6.34. The fourth-order valence-corrected chi connectivity index (χ4v) is 3.11. The summed E-state index contributed by atoms with van der Waals surface area (Å²) in [6.07, 6.45) is 3.92. The van der Waals surface area contributed by atoms with Crippen LogP contribution in [0.3, 0.4) is 0 Å². The molecule has 0 bridgehead atoms. The molecule has 25 heavy (non-hydrogen) atoms. The second kappa shape index (κ2) is 6.97. The first kappa shape index (κ1) is 17.0. The Hall–Kier alpha value is -2.82. The summed E-state index contributed by atoms with van der Waals surface area (Å²) in [5.74, 6) is 0.846. The number of benzene rings is 2. The molecule has 3 aromatic rings. The molecule has 1 aromatic heterocycles. The van der Waals surface area contributed by atoms with Gasteiger partial charge in [0.25, 0.3) is 0 Å². The minimum Gasteiger partial charge on any atom is -0.497 e. The maximum Gasteiger partial charge on any atom is 0.231 e. The Kier molecular flexibility index (Phi) is 4.74. The highest BCUT2D eigenvalue weighted by atomic mass is 16.5. The summed E-state index contributed by atoms with van der Waals surface area (Å²) in [7, 11) is 3.50. The van der Waals surface area contributed by atoms with Crippen molar-refractivity contribution >= 4 is 22.4 Å². The Morgan fingerprint density at radius 3 is 2.72 bits per heavy atom. The molecule has 1 amide bonds. The summed E-state index contributed by atoms with van der Waals surface area (Å²) in [5.41, 5.74) is 1.82. The molecule has 0 radical (unpaired) electrons. The number of aromatic nitrogens is 2. The van der Waals surface area contributed by atoms with Crippen LogP contribution in [0.4, 0.5) is 5.69 Å². The Bertz CT molecular complexity index is 899. The van der Waals surface area contributed by atoms with Gasteiger partial charge in [-0.15, -0.1) is 0 Å². The van der Waals surface area contributed by atoms with E-state index < -0.39 is 0 Å². The lowest BCUT2D eigenvalue weighted by molar-refractivity contribution is -0.118. The number of aryl methyl sites for hydroxylation is 1. The topological polar surface area (TPSA) is 47.4 Å². The molecule has 0 aliphatic rings. The zero-order chi connectivity index (χ0) is 18.0. The van der Waals surface area contributed by atoms with Crippen molar-refractivity contribution in [1.29, 1.82) is 0 Å². The Morgan fingerprint density at radius 1 is 1.28 bits per heavy atom. The van der Waals surface area contributed by atoms with Crippen LogP contribution in [0.15, 0.2) is 48.8 Å². The Balaban J connectivity index is 1.95. The number of nitrogens with zero attached hydrogens (tertiary/aromatic N) is 3. The van der Waals surface area contributed by atoms with Crippen molar-refractivity contribution < 1.29 is 9.53 Å². The second-order valence-corrected chi connectivity index (χ2v) is 6.41. The molecule has 0 spiro atoms. The van der Waals surface area contributed by atoms with Crippen LogP contribution in [0.5, 0.6) is 5.75 Å². The molecule has 2 aromatic carbocycles. The van der Waals surface area contributed by atoms with Gasteiger partial charge in [0.15, 0.2) is 0 Å². The van der Waals surface area contributed by atoms with Gasteiger partial charge in [0.1, 0.15) is 5.75 Å². The number of carbonyl (C=O) groups is 1. The van der Waals surface area contributed by atoms with E-state index >= 15 is 0 Å². The van der Waals surface area contributed by atoms with Crippen LogP contribution in [0.25, 0.3) is 10.8 Å². The van der Waals surface area contributed by atoms with E-state index in [0.717, 1.165) is 27.8 Å². The quantitative estimate of drug-likeness (QED) is 0.715. The molecular formula is C20H23N3O2. The van der Waals surface area contributed by atoms with Gasteiger partial charge in [0.05, 0.1) is 25.4 Å². The summed E-state index contributed by atoms with van der Waals surface area (Å²) >= 11 is 0. The van der Waals surface area contributed by atoms with E-state index in [1.165, 1.54) is 0 Å². The lowest BCUT2D eigenvalue weighted by Gasteiger charge is -2.25. The van der Waals surface area contributed by atoms with E-state index in [2.05, 4.69) is 5.10 Å². The lowest BCUT2D eigenvalue weighted by Crippen LogP contribution is -2.37. The van der Waals surface area contributed by atoms with Crippen LogP contribution in [0, 0.1) is 0 Å². The number of carbonyl (C=O) groups excluding carboxylic acids is 1. The van der Waals surface area contributed by atoms with Crippen LogP contribution in [-0.2, 0) is 18.3 Å². The molecule has 0 unspecified atom stereocenters. The van der Waals surface area contributed by atoms with E-state index in [4.69, 9.17) is 4.74 Å². The van der Waals surface area contributed by atoms with Gasteiger partial charge >= 0.3 is 0 Å². The minimum absolute atomic E-state index is 0.0540. The molecule has 5 nitrogen and oxygen atoms in total. The van der Waals surface area contributed by atoms with Gasteiger partial charge in [-0.3, -0.25) is 9.48 Å². The summed E-state index contributed by atoms with van der Waals surface area (Å²) in [6, 6.07) is 12.0. The SMILES string of the molecule is COc1ccc2cccc(CC(=O)N(c3cnn(C)c3)C(C)C)c2c1. The minimum atomic E-state index is 0.0540. The van der Waals surface area contributed by atoms with Gasteiger partial charge < -0.3 is 9.64 Å². The van der Waals surface area contributed by atoms with Crippen molar-refractivity contribution in [2.75, 3.05) is 12.0 Å². The smallest absolute Gasteiger partial charge is 0.231 e. The van der Waals surface area contributed by atoms with E-state index in [1.54, 1.807) is 22.9 Å². The van der Waals surface area contributed by atoms with Crippen molar-refractivity contribution in [3.8, 4) is 5.75 Å². The normalized spacial score (nSPS) is 11.1. The van der Waals surface area contributed by atoms with Gasteiger partial charge in [-0.1, -0.05) is 24.3 Å². The average Bonchev–Trinajstić information content (AvgIpc) is 3.00. The number of hydrogen-bond acceptors (Lipinski definition) is 3. The third-order valence-corrected chi connectivity index (χ3v) is 4.28. The molecule has 0 fully saturated rings. The molecule has 0 saturated heterocycles. The zero-order valence-corrected chi connectivity index (χ0v) is 15.1. The van der Waals surface area contributed by atoms with Crippen molar-refractivity contribution in [3.05, 3.63) is 54.4 Å². The highest BCUT2D eigenvalue weighted by Gasteiger charge is 2.21. The Labute approximate surface area is 147 Å². The highest BCUT2D eigenvalue weighted by molar-refractivity contribution is 5.98. The molecule has 0 atom stereocenters. The summed E-state index contributed by atoms with van der Waals surface area (Å²) in [6.45, 7) is 4.02. The van der Waals surface area contributed by atoms with Gasteiger partial charge in [-0.25, -0.2) is 0 Å². The van der Waals surface area contributed by atoms with E-state index in [1.807, 2.05) is 63.5 Å². The number of methoxy groups -OCH3 is 1. The highest BCUT2D eigenvalue weighted by Crippen LogP contribution is 2.26. The van der Waals surface area contributed by atoms with Crippen LogP contribution in [0.2, 0.25) is 0 Å². The predicted molar refractivity (Wildman–Crippen MR) is 100 cm³/mol. The van der Waals surface area contributed by atoms with Crippen molar-refractivity contribution in [1.82, 2.24) is 9.78 Å². The van der Waals surface area contributed by atoms with Crippen molar-refractivity contribution in [2.24, 2.45) is 7.05 Å². The third-order valence-electron chi connectivity index (χ3n) is 4.28. The number of hydrogen-bond donors (Lipinski definition) is 0. The zero-order valence-electron chi connectivity index (χ0n) is 15.1. The molecule has 0 N–H and O–H groups in total. The molecule has 1 heterocycles. The number of anilines is 1. The van der Waals surface area contributed by atoms with Crippen LogP contribution in [-0.4, -0.2) is 28.8 Å². The fraction of sp³-hybridized carbons (Fsp3) is 0.300. The van der Waals surface area contributed by atoms with Crippen LogP contribution >= 0.6 is 0 Å². The van der Waals surface area contributed by atoms with Crippen molar-refractivity contribution in [3.63, 3.8) is 0 Å². The standard InChI is InChI=1S/C20H23N3O2/c1-14(2)23(17-12-21-22(3)13-17)20(24)10-16-7-5-6-15-8-9-18(25-4)11-19(15)16/h5-9,11-14H,10H2,1-4H3. The Morgan fingerprint density at radius 2 is 2.08 bits per heavy atom.